The summed E-state index contributed by atoms with van der Waals surface area (Å²) >= 11 is 0. The van der Waals surface area contributed by atoms with Gasteiger partial charge in [0, 0.05) is 0 Å². The first kappa shape index (κ1) is 19.2. The SMILES string of the molecule is CCOC(=O)C1(C(=O)OCC)C[C@@H]2[C@H](C1)[C@@H](C(=O)OC)[C@@H]2C(=O)OC. The van der Waals surface area contributed by atoms with E-state index in [4.69, 9.17) is 18.9 Å². The molecule has 0 heterocycles. The highest BCUT2D eigenvalue weighted by atomic mass is 16.6. The van der Waals surface area contributed by atoms with Crippen LogP contribution in [0.4, 0.5) is 0 Å². The Morgan fingerprint density at radius 1 is 0.800 bits per heavy atom. The second kappa shape index (κ2) is 7.41. The zero-order chi connectivity index (χ0) is 18.8. The third kappa shape index (κ3) is 2.98. The van der Waals surface area contributed by atoms with E-state index in [1.54, 1.807) is 13.8 Å². The Morgan fingerprint density at radius 2 is 1.16 bits per heavy atom. The molecular weight excluding hydrogens is 332 g/mol. The molecule has 2 aliphatic carbocycles. The fraction of sp³-hybridized carbons (Fsp3) is 0.765. The number of esters is 4. The molecule has 0 amide bonds. The van der Waals surface area contributed by atoms with Gasteiger partial charge in [-0.1, -0.05) is 0 Å². The van der Waals surface area contributed by atoms with E-state index in [0.29, 0.717) is 0 Å². The molecule has 0 aromatic carbocycles. The minimum atomic E-state index is -1.49. The van der Waals surface area contributed by atoms with Crippen molar-refractivity contribution in [2.75, 3.05) is 27.4 Å². The van der Waals surface area contributed by atoms with E-state index in [2.05, 4.69) is 0 Å². The van der Waals surface area contributed by atoms with Crippen molar-refractivity contribution in [3.8, 4) is 0 Å². The van der Waals surface area contributed by atoms with Gasteiger partial charge in [-0.3, -0.25) is 19.2 Å². The molecule has 4 atom stereocenters. The first-order chi connectivity index (χ1) is 11.9. The van der Waals surface area contributed by atoms with Crippen LogP contribution >= 0.6 is 0 Å². The van der Waals surface area contributed by atoms with Crippen LogP contribution in [0.15, 0.2) is 0 Å². The highest BCUT2D eigenvalue weighted by Crippen LogP contribution is 2.62. The number of hydrogen-bond donors (Lipinski definition) is 0. The molecule has 2 rings (SSSR count). The molecule has 2 saturated carbocycles. The standard InChI is InChI=1S/C17H24O8/c1-5-24-15(20)17(16(21)25-6-2)7-9-10(8-17)12(14(19)23-4)11(9)13(18)22-3/h9-12H,5-8H2,1-4H3/t9-,10+,11-,12-/m1/s1. The maximum absolute atomic E-state index is 12.5. The molecule has 0 aromatic rings. The van der Waals surface area contributed by atoms with Crippen LogP contribution in [0, 0.1) is 29.1 Å². The zero-order valence-electron chi connectivity index (χ0n) is 14.9. The lowest BCUT2D eigenvalue weighted by atomic mass is 9.58. The summed E-state index contributed by atoms with van der Waals surface area (Å²) in [5.41, 5.74) is -1.49. The van der Waals surface area contributed by atoms with Crippen LogP contribution in [0.3, 0.4) is 0 Å². The molecular formula is C17H24O8. The van der Waals surface area contributed by atoms with E-state index in [-0.39, 0.29) is 37.9 Å². The van der Waals surface area contributed by atoms with E-state index >= 15 is 0 Å². The maximum atomic E-state index is 12.5. The zero-order valence-corrected chi connectivity index (χ0v) is 14.9. The number of carbonyl (C=O) groups is 4. The fourth-order valence-electron chi connectivity index (χ4n) is 4.23. The average Bonchev–Trinajstić information content (AvgIpc) is 2.91. The van der Waals surface area contributed by atoms with Gasteiger partial charge in [0.05, 0.1) is 39.3 Å². The van der Waals surface area contributed by atoms with Crippen molar-refractivity contribution < 1.29 is 38.1 Å². The Bertz CT molecular complexity index is 519. The highest BCUT2D eigenvalue weighted by molar-refractivity contribution is 6.01. The van der Waals surface area contributed by atoms with Crippen molar-refractivity contribution in [2.24, 2.45) is 29.1 Å². The van der Waals surface area contributed by atoms with Gasteiger partial charge in [0.1, 0.15) is 0 Å². The summed E-state index contributed by atoms with van der Waals surface area (Å²) in [5, 5.41) is 0. The lowest BCUT2D eigenvalue weighted by Crippen LogP contribution is -2.52. The van der Waals surface area contributed by atoms with Gasteiger partial charge in [0.15, 0.2) is 5.41 Å². The third-order valence-corrected chi connectivity index (χ3v) is 5.31. The molecule has 0 saturated heterocycles. The molecule has 8 nitrogen and oxygen atoms in total. The molecule has 0 unspecified atom stereocenters. The van der Waals surface area contributed by atoms with Crippen molar-refractivity contribution in [2.45, 2.75) is 26.7 Å². The van der Waals surface area contributed by atoms with Gasteiger partial charge in [-0.05, 0) is 38.5 Å². The lowest BCUT2D eigenvalue weighted by Gasteiger charge is -2.44. The second-order valence-corrected chi connectivity index (χ2v) is 6.36. The first-order valence-corrected chi connectivity index (χ1v) is 8.38. The van der Waals surface area contributed by atoms with Crippen molar-refractivity contribution in [1.82, 2.24) is 0 Å². The average molecular weight is 356 g/mol. The summed E-state index contributed by atoms with van der Waals surface area (Å²) in [6, 6.07) is 0. The molecule has 8 heteroatoms. The van der Waals surface area contributed by atoms with Crippen molar-refractivity contribution >= 4 is 23.9 Å². The molecule has 0 radical (unpaired) electrons. The van der Waals surface area contributed by atoms with Gasteiger partial charge in [-0.15, -0.1) is 0 Å². The van der Waals surface area contributed by atoms with Gasteiger partial charge < -0.3 is 18.9 Å². The van der Waals surface area contributed by atoms with Gasteiger partial charge >= 0.3 is 23.9 Å². The Morgan fingerprint density at radius 3 is 1.44 bits per heavy atom. The van der Waals surface area contributed by atoms with Crippen LogP contribution in [0.1, 0.15) is 26.7 Å². The topological polar surface area (TPSA) is 105 Å². The molecule has 25 heavy (non-hydrogen) atoms. The first-order valence-electron chi connectivity index (χ1n) is 8.38. The van der Waals surface area contributed by atoms with Gasteiger partial charge in [0.25, 0.3) is 0 Å². The van der Waals surface area contributed by atoms with E-state index in [1.807, 2.05) is 0 Å². The summed E-state index contributed by atoms with van der Waals surface area (Å²) in [4.78, 5) is 49.3. The van der Waals surface area contributed by atoms with Gasteiger partial charge in [-0.25, -0.2) is 0 Å². The molecule has 0 spiro atoms. The summed E-state index contributed by atoms with van der Waals surface area (Å²) < 4.78 is 19.8. The number of hydrogen-bond acceptors (Lipinski definition) is 8. The van der Waals surface area contributed by atoms with E-state index in [9.17, 15) is 19.2 Å². The lowest BCUT2D eigenvalue weighted by molar-refractivity contribution is -0.176. The summed E-state index contributed by atoms with van der Waals surface area (Å²) in [6.07, 6.45) is 0.200. The van der Waals surface area contributed by atoms with Crippen molar-refractivity contribution in [3.05, 3.63) is 0 Å². The number of rotatable bonds is 6. The molecule has 0 N–H and O–H groups in total. The maximum Gasteiger partial charge on any atom is 0.323 e. The number of ether oxygens (including phenoxy) is 4. The van der Waals surface area contributed by atoms with Crippen LogP contribution in [0.2, 0.25) is 0 Å². The molecule has 2 fully saturated rings. The molecule has 0 aromatic heterocycles. The fourth-order valence-corrected chi connectivity index (χ4v) is 4.23. The quantitative estimate of drug-likeness (QED) is 0.389. The third-order valence-electron chi connectivity index (χ3n) is 5.31. The number of fused-ring (bicyclic) bond motifs is 1. The monoisotopic (exact) mass is 356 g/mol. The Hall–Kier alpha value is -2.12. The largest absolute Gasteiger partial charge is 0.469 e. The molecule has 140 valence electrons. The van der Waals surface area contributed by atoms with Crippen LogP contribution < -0.4 is 0 Å². The Labute approximate surface area is 146 Å². The second-order valence-electron chi connectivity index (χ2n) is 6.36. The Balaban J connectivity index is 2.35. The normalized spacial score (nSPS) is 29.0. The molecule has 2 aliphatic rings. The van der Waals surface area contributed by atoms with Crippen LogP contribution in [-0.2, 0) is 38.1 Å². The van der Waals surface area contributed by atoms with Gasteiger partial charge in [-0.2, -0.15) is 0 Å². The van der Waals surface area contributed by atoms with E-state index in [1.165, 1.54) is 14.2 Å². The van der Waals surface area contributed by atoms with Gasteiger partial charge in [0.2, 0.25) is 0 Å². The highest BCUT2D eigenvalue weighted by Gasteiger charge is 2.70. The van der Waals surface area contributed by atoms with Crippen molar-refractivity contribution in [1.29, 1.82) is 0 Å². The van der Waals surface area contributed by atoms with E-state index < -0.39 is 41.1 Å². The smallest absolute Gasteiger partial charge is 0.323 e. The number of methoxy groups -OCH3 is 2. The predicted octanol–water partition coefficient (Wildman–Crippen LogP) is 0.717. The summed E-state index contributed by atoms with van der Waals surface area (Å²) in [5.74, 6) is -4.54. The van der Waals surface area contributed by atoms with Crippen LogP contribution in [0.5, 0.6) is 0 Å². The predicted molar refractivity (Wildman–Crippen MR) is 82.9 cm³/mol. The Kier molecular flexibility index (Phi) is 5.69. The molecule has 0 aliphatic heterocycles. The molecule has 0 bridgehead atoms. The van der Waals surface area contributed by atoms with Crippen LogP contribution in [0.25, 0.3) is 0 Å². The van der Waals surface area contributed by atoms with E-state index in [0.717, 1.165) is 0 Å². The summed E-state index contributed by atoms with van der Waals surface area (Å²) in [7, 11) is 2.48. The number of carbonyl (C=O) groups excluding carboxylic acids is 4. The minimum absolute atomic E-state index is 0.0998. The van der Waals surface area contributed by atoms with Crippen molar-refractivity contribution in [3.63, 3.8) is 0 Å². The van der Waals surface area contributed by atoms with Crippen LogP contribution in [-0.4, -0.2) is 51.3 Å². The minimum Gasteiger partial charge on any atom is -0.469 e. The summed E-state index contributed by atoms with van der Waals surface area (Å²) in [6.45, 7) is 3.54.